The average Bonchev–Trinajstić information content (AvgIpc) is 2.53. The second-order valence-electron chi connectivity index (χ2n) is 4.51. The Kier molecular flexibility index (Phi) is 3.88. The van der Waals surface area contributed by atoms with E-state index in [0.29, 0.717) is 11.7 Å². The lowest BCUT2D eigenvalue weighted by Gasteiger charge is -2.08. The molecule has 1 atom stereocenters. The molecule has 18 heavy (non-hydrogen) atoms. The van der Waals surface area contributed by atoms with Crippen molar-refractivity contribution in [3.63, 3.8) is 0 Å². The van der Waals surface area contributed by atoms with Crippen LogP contribution in [0.4, 0.5) is 0 Å². The zero-order valence-electron chi connectivity index (χ0n) is 10.8. The highest BCUT2D eigenvalue weighted by molar-refractivity contribution is 5.38. The number of hydrogen-bond acceptors (Lipinski definition) is 2. The average molecular weight is 242 g/mol. The topological polar surface area (TPSA) is 29.5 Å². The summed E-state index contributed by atoms with van der Waals surface area (Å²) < 4.78 is 5.13. The molecule has 0 bridgehead atoms. The number of rotatable bonds is 3. The van der Waals surface area contributed by atoms with Gasteiger partial charge in [-0.3, -0.25) is 0 Å². The van der Waals surface area contributed by atoms with Crippen molar-refractivity contribution in [2.75, 3.05) is 7.11 Å². The fourth-order valence-electron chi connectivity index (χ4n) is 2.00. The fourth-order valence-corrected chi connectivity index (χ4v) is 2.00. The molecule has 0 fully saturated rings. The lowest BCUT2D eigenvalue weighted by molar-refractivity contribution is 0.414. The van der Waals surface area contributed by atoms with E-state index < -0.39 is 0 Å². The number of allylic oxidation sites excluding steroid dienone is 5. The van der Waals surface area contributed by atoms with Gasteiger partial charge in [0.25, 0.3) is 0 Å². The summed E-state index contributed by atoms with van der Waals surface area (Å²) in [6, 6.07) is 7.93. The predicted molar refractivity (Wildman–Crippen MR) is 73.8 cm³/mol. The van der Waals surface area contributed by atoms with Crippen LogP contribution in [0.1, 0.15) is 12.5 Å². The Bertz CT molecular complexity index is 492. The number of aliphatic hydroxyl groups excluding tert-OH is 1. The third kappa shape index (κ3) is 3.04. The second kappa shape index (κ2) is 5.58. The van der Waals surface area contributed by atoms with Gasteiger partial charge in [-0.1, -0.05) is 37.3 Å². The normalized spacial score (nSPS) is 18.9. The van der Waals surface area contributed by atoms with Crippen molar-refractivity contribution in [2.24, 2.45) is 5.92 Å². The molecule has 0 heterocycles. The van der Waals surface area contributed by atoms with E-state index in [1.165, 1.54) is 0 Å². The van der Waals surface area contributed by atoms with Crippen molar-refractivity contribution in [3.05, 3.63) is 65.5 Å². The SMILES string of the molecule is COc1ccc(CC2=CC(C)C=CC=C2O)cc1. The van der Waals surface area contributed by atoms with Crippen molar-refractivity contribution in [3.8, 4) is 5.75 Å². The van der Waals surface area contributed by atoms with Crippen LogP contribution in [0.15, 0.2) is 59.9 Å². The molecule has 0 radical (unpaired) electrons. The monoisotopic (exact) mass is 242 g/mol. The first-order chi connectivity index (χ1) is 8.69. The molecule has 1 aromatic rings. The molecule has 1 N–H and O–H groups in total. The highest BCUT2D eigenvalue weighted by Crippen LogP contribution is 2.21. The summed E-state index contributed by atoms with van der Waals surface area (Å²) >= 11 is 0. The van der Waals surface area contributed by atoms with Gasteiger partial charge in [-0.15, -0.1) is 0 Å². The minimum atomic E-state index is 0.346. The van der Waals surface area contributed by atoms with Gasteiger partial charge in [-0.25, -0.2) is 0 Å². The van der Waals surface area contributed by atoms with E-state index in [1.54, 1.807) is 13.2 Å². The van der Waals surface area contributed by atoms with Gasteiger partial charge in [0.15, 0.2) is 0 Å². The van der Waals surface area contributed by atoms with Crippen LogP contribution in [0, 0.1) is 5.92 Å². The molecule has 0 aliphatic heterocycles. The van der Waals surface area contributed by atoms with E-state index in [9.17, 15) is 5.11 Å². The van der Waals surface area contributed by atoms with Crippen molar-refractivity contribution in [1.82, 2.24) is 0 Å². The fraction of sp³-hybridized carbons (Fsp3) is 0.250. The van der Waals surface area contributed by atoms with Gasteiger partial charge in [0, 0.05) is 6.42 Å². The maximum absolute atomic E-state index is 9.95. The molecule has 1 aliphatic rings. The molecule has 1 unspecified atom stereocenters. The molecule has 0 spiro atoms. The number of ether oxygens (including phenoxy) is 1. The zero-order valence-corrected chi connectivity index (χ0v) is 10.8. The van der Waals surface area contributed by atoms with E-state index in [4.69, 9.17) is 4.74 Å². The number of methoxy groups -OCH3 is 1. The third-order valence-electron chi connectivity index (χ3n) is 3.02. The Morgan fingerprint density at radius 3 is 2.61 bits per heavy atom. The molecule has 2 heteroatoms. The number of aliphatic hydroxyl groups is 1. The maximum Gasteiger partial charge on any atom is 0.118 e. The van der Waals surface area contributed by atoms with Crippen LogP contribution in [0.25, 0.3) is 0 Å². The van der Waals surface area contributed by atoms with E-state index >= 15 is 0 Å². The first-order valence-electron chi connectivity index (χ1n) is 6.10. The zero-order chi connectivity index (χ0) is 13.0. The van der Waals surface area contributed by atoms with Gasteiger partial charge < -0.3 is 9.84 Å². The molecule has 2 nitrogen and oxygen atoms in total. The van der Waals surface area contributed by atoms with Crippen LogP contribution < -0.4 is 4.74 Å². The summed E-state index contributed by atoms with van der Waals surface area (Å²) in [5.74, 6) is 1.55. The van der Waals surface area contributed by atoms with Crippen LogP contribution in [-0.2, 0) is 6.42 Å². The molecule has 0 saturated carbocycles. The Morgan fingerprint density at radius 2 is 1.94 bits per heavy atom. The van der Waals surface area contributed by atoms with E-state index in [0.717, 1.165) is 23.3 Å². The summed E-state index contributed by atoms with van der Waals surface area (Å²) in [5, 5.41) is 9.95. The largest absolute Gasteiger partial charge is 0.508 e. The molecule has 0 amide bonds. The summed E-state index contributed by atoms with van der Waals surface area (Å²) in [5.41, 5.74) is 2.13. The molecule has 94 valence electrons. The van der Waals surface area contributed by atoms with Crippen molar-refractivity contribution >= 4 is 0 Å². The van der Waals surface area contributed by atoms with E-state index in [2.05, 4.69) is 19.1 Å². The van der Waals surface area contributed by atoms with Gasteiger partial charge in [0.05, 0.1) is 7.11 Å². The van der Waals surface area contributed by atoms with E-state index in [1.807, 2.05) is 30.3 Å². The Balaban J connectivity index is 2.17. The van der Waals surface area contributed by atoms with E-state index in [-0.39, 0.29) is 0 Å². The highest BCUT2D eigenvalue weighted by atomic mass is 16.5. The van der Waals surface area contributed by atoms with Crippen molar-refractivity contribution in [2.45, 2.75) is 13.3 Å². The minimum absolute atomic E-state index is 0.346. The van der Waals surface area contributed by atoms with Gasteiger partial charge in [-0.2, -0.15) is 0 Å². The molecule has 0 saturated heterocycles. The third-order valence-corrected chi connectivity index (χ3v) is 3.02. The maximum atomic E-state index is 9.95. The summed E-state index contributed by atoms with van der Waals surface area (Å²) in [6.45, 7) is 2.11. The van der Waals surface area contributed by atoms with Crippen LogP contribution in [-0.4, -0.2) is 12.2 Å². The Labute approximate surface area is 108 Å². The molecule has 1 aromatic carbocycles. The lowest BCUT2D eigenvalue weighted by Crippen LogP contribution is -1.96. The van der Waals surface area contributed by atoms with Crippen LogP contribution >= 0.6 is 0 Å². The first kappa shape index (κ1) is 12.5. The smallest absolute Gasteiger partial charge is 0.118 e. The van der Waals surface area contributed by atoms with Gasteiger partial charge >= 0.3 is 0 Å². The molecular weight excluding hydrogens is 224 g/mol. The van der Waals surface area contributed by atoms with Gasteiger partial charge in [0.2, 0.25) is 0 Å². The highest BCUT2D eigenvalue weighted by Gasteiger charge is 2.08. The van der Waals surface area contributed by atoms with Crippen LogP contribution in [0.2, 0.25) is 0 Å². The minimum Gasteiger partial charge on any atom is -0.508 e. The number of benzene rings is 1. The molecule has 2 rings (SSSR count). The summed E-state index contributed by atoms with van der Waals surface area (Å²) in [7, 11) is 1.66. The van der Waals surface area contributed by atoms with Crippen LogP contribution in [0.5, 0.6) is 5.75 Å². The van der Waals surface area contributed by atoms with Gasteiger partial charge in [0.1, 0.15) is 11.5 Å². The summed E-state index contributed by atoms with van der Waals surface area (Å²) in [6.07, 6.45) is 8.55. The lowest BCUT2D eigenvalue weighted by atomic mass is 10.0. The number of hydrogen-bond donors (Lipinski definition) is 1. The first-order valence-corrected chi connectivity index (χ1v) is 6.10. The Hall–Kier alpha value is -1.96. The molecule has 0 aromatic heterocycles. The second-order valence-corrected chi connectivity index (χ2v) is 4.51. The van der Waals surface area contributed by atoms with Crippen molar-refractivity contribution < 1.29 is 9.84 Å². The quantitative estimate of drug-likeness (QED) is 0.873. The Morgan fingerprint density at radius 1 is 1.22 bits per heavy atom. The molecule has 1 aliphatic carbocycles. The molecular formula is C16H18O2. The van der Waals surface area contributed by atoms with Crippen LogP contribution in [0.3, 0.4) is 0 Å². The predicted octanol–water partition coefficient (Wildman–Crippen LogP) is 3.81. The van der Waals surface area contributed by atoms with Gasteiger partial charge in [-0.05, 0) is 35.3 Å². The summed E-state index contributed by atoms with van der Waals surface area (Å²) in [4.78, 5) is 0. The van der Waals surface area contributed by atoms with Crippen molar-refractivity contribution in [1.29, 1.82) is 0 Å². The standard InChI is InChI=1S/C16H18O2/c1-12-4-3-5-16(17)14(10-12)11-13-6-8-15(18-2)9-7-13/h3-10,12,17H,11H2,1-2H3.